The highest BCUT2D eigenvalue weighted by atomic mass is 32.2. The summed E-state index contributed by atoms with van der Waals surface area (Å²) in [6, 6.07) is 8.06. The van der Waals surface area contributed by atoms with Gasteiger partial charge in [0.2, 0.25) is 5.91 Å². The molecule has 2 saturated heterocycles. The van der Waals surface area contributed by atoms with Crippen LogP contribution in [0.15, 0.2) is 24.3 Å². The van der Waals surface area contributed by atoms with E-state index >= 15 is 0 Å². The van der Waals surface area contributed by atoms with Gasteiger partial charge < -0.3 is 20.5 Å². The van der Waals surface area contributed by atoms with Crippen molar-refractivity contribution < 1.29 is 14.3 Å². The molecule has 0 bridgehead atoms. The maximum Gasteiger partial charge on any atom is 0.244 e. The number of nitrogens with two attached hydrogens (primary N) is 1. The molecule has 3 N–H and O–H groups in total. The highest BCUT2D eigenvalue weighted by Gasteiger charge is 2.35. The minimum absolute atomic E-state index is 0.111. The van der Waals surface area contributed by atoms with Crippen molar-refractivity contribution in [1.82, 2.24) is 0 Å². The van der Waals surface area contributed by atoms with E-state index in [4.69, 9.17) is 15.2 Å². The molecule has 0 unspecified atom stereocenters. The summed E-state index contributed by atoms with van der Waals surface area (Å²) < 4.78 is 10.7. The average Bonchev–Trinajstić information content (AvgIpc) is 2.62. The summed E-state index contributed by atoms with van der Waals surface area (Å²) in [6.45, 7) is 2.84. The fraction of sp³-hybridized carbons (Fsp3) is 0.611. The number of anilines is 1. The second-order valence-electron chi connectivity index (χ2n) is 6.55. The first-order chi connectivity index (χ1) is 11.7. The molecule has 0 spiro atoms. The summed E-state index contributed by atoms with van der Waals surface area (Å²) >= 11 is 1.97. The van der Waals surface area contributed by atoms with Gasteiger partial charge in [0.15, 0.2) is 0 Å². The number of amides is 1. The molecular weight excluding hydrogens is 324 g/mol. The standard InChI is InChI=1S/C18H26N2O3S/c19-18(6-10-23-11-7-18)17(21)20-15-3-1-2-14(12-15)13-24-16-4-8-22-9-5-16/h1-3,12,16H,4-11,13,19H2,(H,20,21). The summed E-state index contributed by atoms with van der Waals surface area (Å²) in [5.41, 5.74) is 7.47. The highest BCUT2D eigenvalue weighted by Crippen LogP contribution is 2.27. The van der Waals surface area contributed by atoms with Gasteiger partial charge in [-0.15, -0.1) is 0 Å². The lowest BCUT2D eigenvalue weighted by Gasteiger charge is -2.31. The van der Waals surface area contributed by atoms with Crippen LogP contribution in [0.4, 0.5) is 5.69 Å². The van der Waals surface area contributed by atoms with Gasteiger partial charge in [-0.2, -0.15) is 11.8 Å². The Bertz CT molecular complexity index is 555. The van der Waals surface area contributed by atoms with Crippen molar-refractivity contribution in [3.8, 4) is 0 Å². The number of thioether (sulfide) groups is 1. The van der Waals surface area contributed by atoms with Crippen molar-refractivity contribution in [2.45, 2.75) is 42.2 Å². The Labute approximate surface area is 147 Å². The van der Waals surface area contributed by atoms with E-state index < -0.39 is 5.54 Å². The number of hydrogen-bond acceptors (Lipinski definition) is 5. The van der Waals surface area contributed by atoms with Crippen LogP contribution in [0.2, 0.25) is 0 Å². The molecule has 0 atom stereocenters. The van der Waals surface area contributed by atoms with Crippen molar-refractivity contribution in [2.75, 3.05) is 31.7 Å². The van der Waals surface area contributed by atoms with Crippen molar-refractivity contribution >= 4 is 23.4 Å². The molecule has 1 aromatic rings. The Morgan fingerprint density at radius 1 is 1.21 bits per heavy atom. The zero-order valence-electron chi connectivity index (χ0n) is 14.0. The molecule has 6 heteroatoms. The largest absolute Gasteiger partial charge is 0.381 e. The molecule has 132 valence electrons. The average molecular weight is 350 g/mol. The van der Waals surface area contributed by atoms with E-state index in [-0.39, 0.29) is 5.91 Å². The maximum absolute atomic E-state index is 12.5. The van der Waals surface area contributed by atoms with E-state index in [1.165, 1.54) is 5.56 Å². The molecule has 3 rings (SSSR count). The Kier molecular flexibility index (Phi) is 6.16. The van der Waals surface area contributed by atoms with Gasteiger partial charge in [0.25, 0.3) is 0 Å². The lowest BCUT2D eigenvalue weighted by molar-refractivity contribution is -0.124. The summed E-state index contributed by atoms with van der Waals surface area (Å²) in [5, 5.41) is 3.65. The molecule has 0 saturated carbocycles. The molecule has 2 aliphatic heterocycles. The van der Waals surface area contributed by atoms with E-state index in [0.717, 1.165) is 37.5 Å². The Hall–Kier alpha value is -1.08. The molecule has 2 heterocycles. The van der Waals surface area contributed by atoms with Crippen LogP contribution in [-0.2, 0) is 20.0 Å². The third-order valence-corrected chi connectivity index (χ3v) is 6.12. The molecular formula is C18H26N2O3S. The number of carbonyl (C=O) groups excluding carboxylic acids is 1. The van der Waals surface area contributed by atoms with Gasteiger partial charge in [0.05, 0.1) is 0 Å². The van der Waals surface area contributed by atoms with Gasteiger partial charge in [-0.3, -0.25) is 4.79 Å². The van der Waals surface area contributed by atoms with Crippen LogP contribution < -0.4 is 11.1 Å². The van der Waals surface area contributed by atoms with Gasteiger partial charge in [0, 0.05) is 43.1 Å². The highest BCUT2D eigenvalue weighted by molar-refractivity contribution is 7.99. The second kappa shape index (κ2) is 8.34. The smallest absolute Gasteiger partial charge is 0.244 e. The van der Waals surface area contributed by atoms with Crippen molar-refractivity contribution in [3.63, 3.8) is 0 Å². The molecule has 2 aliphatic rings. The van der Waals surface area contributed by atoms with Gasteiger partial charge in [0.1, 0.15) is 5.54 Å². The van der Waals surface area contributed by atoms with Crippen LogP contribution in [0.5, 0.6) is 0 Å². The Morgan fingerprint density at radius 3 is 2.67 bits per heavy atom. The molecule has 1 amide bonds. The first kappa shape index (κ1) is 17.7. The summed E-state index contributed by atoms with van der Waals surface area (Å²) in [5.74, 6) is 0.843. The van der Waals surface area contributed by atoms with E-state index in [1.54, 1.807) is 0 Å². The predicted molar refractivity (Wildman–Crippen MR) is 97.2 cm³/mol. The zero-order chi connectivity index (χ0) is 16.8. The summed E-state index contributed by atoms with van der Waals surface area (Å²) in [6.07, 6.45) is 3.38. The molecule has 24 heavy (non-hydrogen) atoms. The molecule has 1 aromatic carbocycles. The van der Waals surface area contributed by atoms with Crippen molar-refractivity contribution in [1.29, 1.82) is 0 Å². The van der Waals surface area contributed by atoms with Gasteiger partial charge in [-0.25, -0.2) is 0 Å². The minimum Gasteiger partial charge on any atom is -0.381 e. The Balaban J connectivity index is 1.55. The van der Waals surface area contributed by atoms with Gasteiger partial charge in [-0.05, 0) is 43.4 Å². The number of benzene rings is 1. The normalized spacial score (nSPS) is 21.4. The second-order valence-corrected chi connectivity index (χ2v) is 7.83. The SMILES string of the molecule is NC1(C(=O)Nc2cccc(CSC3CCOCC3)c2)CCOCC1. The number of rotatable bonds is 5. The summed E-state index contributed by atoms with van der Waals surface area (Å²) in [7, 11) is 0. The van der Waals surface area contributed by atoms with Crippen LogP contribution in [0.1, 0.15) is 31.2 Å². The quantitative estimate of drug-likeness (QED) is 0.854. The van der Waals surface area contributed by atoms with E-state index in [0.29, 0.717) is 31.3 Å². The molecule has 2 fully saturated rings. The topological polar surface area (TPSA) is 73.6 Å². The lowest BCUT2D eigenvalue weighted by atomic mass is 9.90. The van der Waals surface area contributed by atoms with E-state index in [9.17, 15) is 4.79 Å². The number of nitrogens with one attached hydrogen (secondary N) is 1. The van der Waals surface area contributed by atoms with Gasteiger partial charge >= 0.3 is 0 Å². The summed E-state index contributed by atoms with van der Waals surface area (Å²) in [4.78, 5) is 12.5. The third kappa shape index (κ3) is 4.72. The molecule has 5 nitrogen and oxygen atoms in total. The number of carbonyl (C=O) groups is 1. The van der Waals surface area contributed by atoms with Crippen LogP contribution in [0.3, 0.4) is 0 Å². The fourth-order valence-electron chi connectivity index (χ4n) is 3.01. The van der Waals surface area contributed by atoms with Crippen LogP contribution in [-0.4, -0.2) is 43.1 Å². The molecule has 0 aromatic heterocycles. The Morgan fingerprint density at radius 2 is 1.92 bits per heavy atom. The number of hydrogen-bond donors (Lipinski definition) is 2. The maximum atomic E-state index is 12.5. The zero-order valence-corrected chi connectivity index (χ0v) is 14.8. The predicted octanol–water partition coefficient (Wildman–Crippen LogP) is 2.55. The van der Waals surface area contributed by atoms with Crippen molar-refractivity contribution in [3.05, 3.63) is 29.8 Å². The first-order valence-corrected chi connectivity index (χ1v) is 9.67. The van der Waals surface area contributed by atoms with Gasteiger partial charge in [-0.1, -0.05) is 12.1 Å². The van der Waals surface area contributed by atoms with E-state index in [2.05, 4.69) is 11.4 Å². The molecule has 0 radical (unpaired) electrons. The first-order valence-electron chi connectivity index (χ1n) is 8.62. The third-order valence-electron chi connectivity index (χ3n) is 4.68. The fourth-order valence-corrected chi connectivity index (χ4v) is 4.15. The van der Waals surface area contributed by atoms with Crippen LogP contribution in [0, 0.1) is 0 Å². The minimum atomic E-state index is -0.814. The lowest BCUT2D eigenvalue weighted by Crippen LogP contribution is -2.54. The van der Waals surface area contributed by atoms with E-state index in [1.807, 2.05) is 30.0 Å². The monoisotopic (exact) mass is 350 g/mol. The van der Waals surface area contributed by atoms with Crippen LogP contribution >= 0.6 is 11.8 Å². The van der Waals surface area contributed by atoms with Crippen molar-refractivity contribution in [2.24, 2.45) is 5.73 Å². The number of ether oxygens (including phenoxy) is 2. The molecule has 0 aliphatic carbocycles. The van der Waals surface area contributed by atoms with Crippen LogP contribution in [0.25, 0.3) is 0 Å².